The summed E-state index contributed by atoms with van der Waals surface area (Å²) in [5.41, 5.74) is 6.83. The van der Waals surface area contributed by atoms with Crippen molar-refractivity contribution >= 4 is 17.1 Å². The van der Waals surface area contributed by atoms with Crippen molar-refractivity contribution in [3.63, 3.8) is 0 Å². The van der Waals surface area contributed by atoms with Crippen LogP contribution in [0.2, 0.25) is 0 Å². The zero-order valence-corrected chi connectivity index (χ0v) is 20.5. The topological polar surface area (TPSA) is 9.72 Å². The van der Waals surface area contributed by atoms with E-state index in [2.05, 4.69) is 135 Å². The Hall–Kier alpha value is -2.94. The van der Waals surface area contributed by atoms with E-state index in [9.17, 15) is 0 Å². The standard InChI is InChI=1S/C29H37N3/c1-28(2,3)23-12-16-26(17-13-23)31-20-30(25-10-8-7-9-11-25)21-32(22-31)27-18-14-24(15-19-27)29(4,5)6/h7-19H,20-22H2,1-6H3. The normalized spacial score (nSPS) is 15.2. The summed E-state index contributed by atoms with van der Waals surface area (Å²) in [4.78, 5) is 7.36. The highest BCUT2D eigenvalue weighted by molar-refractivity contribution is 5.59. The molecule has 0 saturated carbocycles. The first-order valence-electron chi connectivity index (χ1n) is 11.6. The van der Waals surface area contributed by atoms with Crippen LogP contribution in [-0.4, -0.2) is 20.0 Å². The van der Waals surface area contributed by atoms with Crippen LogP contribution in [0.1, 0.15) is 52.7 Å². The molecule has 0 aromatic heterocycles. The van der Waals surface area contributed by atoms with Crippen LogP contribution in [0.3, 0.4) is 0 Å². The highest BCUT2D eigenvalue weighted by atomic mass is 15.5. The van der Waals surface area contributed by atoms with Crippen molar-refractivity contribution < 1.29 is 0 Å². The Morgan fingerprint density at radius 2 is 0.750 bits per heavy atom. The van der Waals surface area contributed by atoms with E-state index < -0.39 is 0 Å². The molecule has 32 heavy (non-hydrogen) atoms. The zero-order chi connectivity index (χ0) is 22.9. The van der Waals surface area contributed by atoms with Crippen LogP contribution in [0.25, 0.3) is 0 Å². The Kier molecular flexibility index (Phi) is 5.94. The van der Waals surface area contributed by atoms with Gasteiger partial charge in [-0.25, -0.2) is 0 Å². The molecule has 0 radical (unpaired) electrons. The number of nitrogens with zero attached hydrogens (tertiary/aromatic N) is 3. The monoisotopic (exact) mass is 427 g/mol. The highest BCUT2D eigenvalue weighted by Crippen LogP contribution is 2.30. The van der Waals surface area contributed by atoms with Crippen molar-refractivity contribution in [3.8, 4) is 0 Å². The van der Waals surface area contributed by atoms with Gasteiger partial charge >= 0.3 is 0 Å². The molecule has 0 aliphatic carbocycles. The summed E-state index contributed by atoms with van der Waals surface area (Å²) in [6.07, 6.45) is 0. The second-order valence-electron chi connectivity index (χ2n) is 11.0. The number of hydrogen-bond donors (Lipinski definition) is 0. The first-order chi connectivity index (χ1) is 15.1. The minimum atomic E-state index is 0.164. The molecule has 1 saturated heterocycles. The summed E-state index contributed by atoms with van der Waals surface area (Å²) in [7, 11) is 0. The molecule has 3 aromatic rings. The third-order valence-electron chi connectivity index (χ3n) is 6.34. The predicted octanol–water partition coefficient (Wildman–Crippen LogP) is 6.99. The predicted molar refractivity (Wildman–Crippen MR) is 139 cm³/mol. The van der Waals surface area contributed by atoms with Gasteiger partial charge in [0.15, 0.2) is 0 Å². The van der Waals surface area contributed by atoms with Gasteiger partial charge in [0.1, 0.15) is 0 Å². The maximum atomic E-state index is 2.46. The van der Waals surface area contributed by atoms with Crippen LogP contribution in [0.15, 0.2) is 78.9 Å². The molecule has 4 rings (SSSR count). The van der Waals surface area contributed by atoms with Crippen molar-refractivity contribution in [2.45, 2.75) is 52.4 Å². The Balaban J connectivity index is 1.64. The summed E-state index contributed by atoms with van der Waals surface area (Å²) in [5.74, 6) is 0. The molecular weight excluding hydrogens is 390 g/mol. The third-order valence-corrected chi connectivity index (χ3v) is 6.34. The summed E-state index contributed by atoms with van der Waals surface area (Å²) < 4.78 is 0. The van der Waals surface area contributed by atoms with Crippen molar-refractivity contribution in [1.82, 2.24) is 0 Å². The lowest BCUT2D eigenvalue weighted by molar-refractivity contribution is 0.587. The quantitative estimate of drug-likeness (QED) is 0.446. The van der Waals surface area contributed by atoms with E-state index in [0.29, 0.717) is 0 Å². The number of benzene rings is 3. The molecule has 1 aliphatic rings. The second-order valence-corrected chi connectivity index (χ2v) is 11.0. The first kappa shape index (κ1) is 22.3. The van der Waals surface area contributed by atoms with Gasteiger partial charge in [0, 0.05) is 17.1 Å². The number of rotatable bonds is 3. The summed E-state index contributed by atoms with van der Waals surface area (Å²) >= 11 is 0. The first-order valence-corrected chi connectivity index (χ1v) is 11.6. The van der Waals surface area contributed by atoms with Gasteiger partial charge in [-0.05, 0) is 58.4 Å². The van der Waals surface area contributed by atoms with Gasteiger partial charge in [0.05, 0.1) is 20.0 Å². The molecule has 0 bridgehead atoms. The van der Waals surface area contributed by atoms with E-state index in [1.807, 2.05) is 0 Å². The fourth-order valence-corrected chi connectivity index (χ4v) is 4.23. The average Bonchev–Trinajstić information content (AvgIpc) is 2.78. The van der Waals surface area contributed by atoms with E-state index in [0.717, 1.165) is 20.0 Å². The molecule has 0 amide bonds. The molecule has 0 spiro atoms. The van der Waals surface area contributed by atoms with Gasteiger partial charge in [0.2, 0.25) is 0 Å². The lowest BCUT2D eigenvalue weighted by Gasteiger charge is -2.45. The van der Waals surface area contributed by atoms with Crippen LogP contribution in [-0.2, 0) is 10.8 Å². The molecule has 1 heterocycles. The van der Waals surface area contributed by atoms with Crippen molar-refractivity contribution in [2.24, 2.45) is 0 Å². The number of anilines is 3. The molecule has 168 valence electrons. The van der Waals surface area contributed by atoms with Crippen LogP contribution in [0.5, 0.6) is 0 Å². The summed E-state index contributed by atoms with van der Waals surface area (Å²) in [6, 6.07) is 28.9. The Morgan fingerprint density at radius 1 is 0.438 bits per heavy atom. The van der Waals surface area contributed by atoms with Crippen LogP contribution >= 0.6 is 0 Å². The Labute approximate surface area is 194 Å². The van der Waals surface area contributed by atoms with Crippen molar-refractivity contribution in [3.05, 3.63) is 90.0 Å². The van der Waals surface area contributed by atoms with Crippen molar-refractivity contribution in [1.29, 1.82) is 0 Å². The molecule has 3 aromatic carbocycles. The largest absolute Gasteiger partial charge is 0.336 e. The molecule has 0 unspecified atom stereocenters. The molecule has 3 nitrogen and oxygen atoms in total. The summed E-state index contributed by atoms with van der Waals surface area (Å²) in [5, 5.41) is 0. The van der Waals surface area contributed by atoms with Crippen molar-refractivity contribution in [2.75, 3.05) is 34.7 Å². The van der Waals surface area contributed by atoms with Gasteiger partial charge < -0.3 is 14.7 Å². The lowest BCUT2D eigenvalue weighted by Crippen LogP contribution is -2.55. The molecule has 1 fully saturated rings. The maximum absolute atomic E-state index is 2.46. The molecule has 0 atom stereocenters. The van der Waals surface area contributed by atoms with Gasteiger partial charge in [0.25, 0.3) is 0 Å². The number of para-hydroxylation sites is 1. The fourth-order valence-electron chi connectivity index (χ4n) is 4.23. The SMILES string of the molecule is CC(C)(C)c1ccc(N2CN(c3ccccc3)CN(c3ccc(C(C)(C)C)cc3)C2)cc1. The van der Waals surface area contributed by atoms with E-state index in [4.69, 9.17) is 0 Å². The highest BCUT2D eigenvalue weighted by Gasteiger charge is 2.25. The minimum Gasteiger partial charge on any atom is -0.336 e. The Bertz CT molecular complexity index is 944. The molecule has 3 heteroatoms. The van der Waals surface area contributed by atoms with Gasteiger partial charge in [-0.1, -0.05) is 84.0 Å². The molecule has 0 N–H and O–H groups in total. The third kappa shape index (κ3) is 4.93. The minimum absolute atomic E-state index is 0.164. The maximum Gasteiger partial charge on any atom is 0.0937 e. The van der Waals surface area contributed by atoms with E-state index >= 15 is 0 Å². The fraction of sp³-hybridized carbons (Fsp3) is 0.379. The molecule has 1 aliphatic heterocycles. The summed E-state index contributed by atoms with van der Waals surface area (Å²) in [6.45, 7) is 16.2. The van der Waals surface area contributed by atoms with Crippen LogP contribution in [0.4, 0.5) is 17.1 Å². The van der Waals surface area contributed by atoms with E-state index in [1.165, 1.54) is 28.2 Å². The van der Waals surface area contributed by atoms with Crippen LogP contribution in [0, 0.1) is 0 Å². The zero-order valence-electron chi connectivity index (χ0n) is 20.5. The van der Waals surface area contributed by atoms with Gasteiger partial charge in [-0.2, -0.15) is 0 Å². The number of hydrogen-bond acceptors (Lipinski definition) is 3. The van der Waals surface area contributed by atoms with E-state index in [-0.39, 0.29) is 10.8 Å². The van der Waals surface area contributed by atoms with Gasteiger partial charge in [-0.3, -0.25) is 0 Å². The molecular formula is C29H37N3. The second kappa shape index (κ2) is 8.54. The smallest absolute Gasteiger partial charge is 0.0937 e. The average molecular weight is 428 g/mol. The van der Waals surface area contributed by atoms with Gasteiger partial charge in [-0.15, -0.1) is 0 Å². The lowest BCUT2D eigenvalue weighted by atomic mass is 9.87. The van der Waals surface area contributed by atoms with Crippen LogP contribution < -0.4 is 14.7 Å². The van der Waals surface area contributed by atoms with E-state index in [1.54, 1.807) is 0 Å². The Morgan fingerprint density at radius 3 is 1.06 bits per heavy atom.